The lowest BCUT2D eigenvalue weighted by Gasteiger charge is -2.11. The molecule has 0 aliphatic carbocycles. The van der Waals surface area contributed by atoms with Crippen molar-refractivity contribution in [2.24, 2.45) is 0 Å². The van der Waals surface area contributed by atoms with Crippen molar-refractivity contribution in [1.29, 1.82) is 0 Å². The van der Waals surface area contributed by atoms with Gasteiger partial charge in [-0.1, -0.05) is 12.2 Å². The van der Waals surface area contributed by atoms with Crippen LogP contribution in [-0.4, -0.2) is 24.3 Å². The molecule has 58 valence electrons. The molecule has 0 saturated carbocycles. The van der Waals surface area contributed by atoms with E-state index in [-0.39, 0.29) is 12.6 Å². The van der Waals surface area contributed by atoms with Crippen molar-refractivity contribution >= 4 is 0 Å². The number of aliphatic hydroxyl groups is 1. The van der Waals surface area contributed by atoms with Gasteiger partial charge >= 0.3 is 0 Å². The van der Waals surface area contributed by atoms with Crippen LogP contribution in [0.3, 0.4) is 0 Å². The van der Waals surface area contributed by atoms with Crippen molar-refractivity contribution in [3.05, 3.63) is 25.3 Å². The first kappa shape index (κ1) is 9.40. The van der Waals surface area contributed by atoms with Gasteiger partial charge in [-0.2, -0.15) is 0 Å². The Morgan fingerprint density at radius 3 is 2.50 bits per heavy atom. The van der Waals surface area contributed by atoms with Gasteiger partial charge in [0.25, 0.3) is 0 Å². The van der Waals surface area contributed by atoms with Crippen LogP contribution in [0.15, 0.2) is 25.3 Å². The van der Waals surface area contributed by atoms with Gasteiger partial charge in [0, 0.05) is 12.6 Å². The zero-order chi connectivity index (χ0) is 7.82. The van der Waals surface area contributed by atoms with Gasteiger partial charge in [-0.25, -0.2) is 0 Å². The van der Waals surface area contributed by atoms with Crippen molar-refractivity contribution in [2.75, 3.05) is 13.2 Å². The second-order valence-electron chi connectivity index (χ2n) is 2.10. The largest absolute Gasteiger partial charge is 0.395 e. The molecule has 2 heteroatoms. The molecule has 0 aliphatic heterocycles. The van der Waals surface area contributed by atoms with Crippen molar-refractivity contribution < 1.29 is 5.11 Å². The summed E-state index contributed by atoms with van der Waals surface area (Å²) in [5.74, 6) is 0. The summed E-state index contributed by atoms with van der Waals surface area (Å²) in [4.78, 5) is 0. The fourth-order valence-corrected chi connectivity index (χ4v) is 0.674. The summed E-state index contributed by atoms with van der Waals surface area (Å²) in [6.45, 7) is 8.02. The molecular formula is C8H15NO. The number of hydrogen-bond donors (Lipinski definition) is 2. The van der Waals surface area contributed by atoms with Gasteiger partial charge in [-0.15, -0.1) is 13.2 Å². The van der Waals surface area contributed by atoms with E-state index in [1.54, 1.807) is 12.2 Å². The van der Waals surface area contributed by atoms with Gasteiger partial charge in [-0.05, 0) is 6.42 Å². The minimum atomic E-state index is 0.135. The SMILES string of the molecule is C=CCNC(CO)CC=C. The van der Waals surface area contributed by atoms with Crippen LogP contribution in [-0.2, 0) is 0 Å². The molecule has 2 N–H and O–H groups in total. The second kappa shape index (κ2) is 6.52. The average molecular weight is 141 g/mol. The molecule has 0 fully saturated rings. The van der Waals surface area contributed by atoms with E-state index in [0.29, 0.717) is 0 Å². The minimum Gasteiger partial charge on any atom is -0.395 e. The highest BCUT2D eigenvalue weighted by Crippen LogP contribution is 1.89. The van der Waals surface area contributed by atoms with E-state index in [0.717, 1.165) is 13.0 Å². The van der Waals surface area contributed by atoms with Crippen LogP contribution in [0, 0.1) is 0 Å². The van der Waals surface area contributed by atoms with Crippen LogP contribution >= 0.6 is 0 Å². The third-order valence-electron chi connectivity index (χ3n) is 1.22. The molecule has 0 heterocycles. The maximum Gasteiger partial charge on any atom is 0.0587 e. The third kappa shape index (κ3) is 4.30. The molecule has 1 atom stereocenters. The Balaban J connectivity index is 3.38. The second-order valence-corrected chi connectivity index (χ2v) is 2.10. The normalized spacial score (nSPS) is 12.5. The minimum absolute atomic E-state index is 0.135. The van der Waals surface area contributed by atoms with Gasteiger partial charge in [-0.3, -0.25) is 0 Å². The number of hydrogen-bond acceptors (Lipinski definition) is 2. The third-order valence-corrected chi connectivity index (χ3v) is 1.22. The quantitative estimate of drug-likeness (QED) is 0.534. The van der Waals surface area contributed by atoms with Crippen LogP contribution in [0.25, 0.3) is 0 Å². The fourth-order valence-electron chi connectivity index (χ4n) is 0.674. The Hall–Kier alpha value is -0.600. The molecule has 0 radical (unpaired) electrons. The summed E-state index contributed by atoms with van der Waals surface area (Å²) >= 11 is 0. The predicted octanol–water partition coefficient (Wildman–Crippen LogP) is 0.699. The topological polar surface area (TPSA) is 32.3 Å². The summed E-state index contributed by atoms with van der Waals surface area (Å²) in [5.41, 5.74) is 0. The van der Waals surface area contributed by atoms with Crippen LogP contribution in [0.1, 0.15) is 6.42 Å². The molecule has 0 bridgehead atoms. The van der Waals surface area contributed by atoms with E-state index in [2.05, 4.69) is 18.5 Å². The molecule has 0 spiro atoms. The summed E-state index contributed by atoms with van der Waals surface area (Å²) in [6.07, 6.45) is 4.35. The number of rotatable bonds is 6. The van der Waals surface area contributed by atoms with E-state index < -0.39 is 0 Å². The zero-order valence-electron chi connectivity index (χ0n) is 6.21. The molecular weight excluding hydrogens is 126 g/mol. The van der Waals surface area contributed by atoms with Crippen LogP contribution in [0.2, 0.25) is 0 Å². The highest BCUT2D eigenvalue weighted by molar-refractivity contribution is 4.80. The Morgan fingerprint density at radius 2 is 2.10 bits per heavy atom. The van der Waals surface area contributed by atoms with Crippen molar-refractivity contribution in [1.82, 2.24) is 5.32 Å². The van der Waals surface area contributed by atoms with E-state index >= 15 is 0 Å². The smallest absolute Gasteiger partial charge is 0.0587 e. The van der Waals surface area contributed by atoms with Crippen molar-refractivity contribution in [3.8, 4) is 0 Å². The Labute approximate surface area is 62.3 Å². The fraction of sp³-hybridized carbons (Fsp3) is 0.500. The molecule has 0 rings (SSSR count). The van der Waals surface area contributed by atoms with Crippen LogP contribution in [0.4, 0.5) is 0 Å². The summed E-state index contributed by atoms with van der Waals surface area (Å²) < 4.78 is 0. The maximum atomic E-state index is 8.74. The van der Waals surface area contributed by atoms with Crippen LogP contribution < -0.4 is 5.32 Å². The van der Waals surface area contributed by atoms with E-state index in [4.69, 9.17) is 5.11 Å². The molecule has 0 amide bonds. The van der Waals surface area contributed by atoms with E-state index in [1.807, 2.05) is 0 Å². The maximum absolute atomic E-state index is 8.74. The van der Waals surface area contributed by atoms with E-state index in [9.17, 15) is 0 Å². The Bertz CT molecular complexity index is 101. The first-order valence-corrected chi connectivity index (χ1v) is 3.41. The van der Waals surface area contributed by atoms with Crippen LogP contribution in [0.5, 0.6) is 0 Å². The molecule has 0 aromatic carbocycles. The Morgan fingerprint density at radius 1 is 1.40 bits per heavy atom. The van der Waals surface area contributed by atoms with E-state index in [1.165, 1.54) is 0 Å². The predicted molar refractivity (Wildman–Crippen MR) is 43.9 cm³/mol. The summed E-state index contributed by atoms with van der Waals surface area (Å²) in [5, 5.41) is 11.8. The molecule has 2 nitrogen and oxygen atoms in total. The monoisotopic (exact) mass is 141 g/mol. The summed E-state index contributed by atoms with van der Waals surface area (Å²) in [7, 11) is 0. The first-order chi connectivity index (χ1) is 4.85. The highest BCUT2D eigenvalue weighted by atomic mass is 16.3. The van der Waals surface area contributed by atoms with Gasteiger partial charge in [0.2, 0.25) is 0 Å². The van der Waals surface area contributed by atoms with Gasteiger partial charge in [0.15, 0.2) is 0 Å². The first-order valence-electron chi connectivity index (χ1n) is 3.41. The lowest BCUT2D eigenvalue weighted by atomic mass is 10.2. The lowest BCUT2D eigenvalue weighted by molar-refractivity contribution is 0.246. The molecule has 10 heavy (non-hydrogen) atoms. The average Bonchev–Trinajstić information content (AvgIpc) is 1.98. The Kier molecular flexibility index (Phi) is 6.13. The molecule has 1 unspecified atom stereocenters. The highest BCUT2D eigenvalue weighted by Gasteiger charge is 2.00. The van der Waals surface area contributed by atoms with Gasteiger partial charge < -0.3 is 10.4 Å². The van der Waals surface area contributed by atoms with Gasteiger partial charge in [0.05, 0.1) is 6.61 Å². The summed E-state index contributed by atoms with van der Waals surface area (Å²) in [6, 6.07) is 0.135. The number of aliphatic hydroxyl groups excluding tert-OH is 1. The van der Waals surface area contributed by atoms with Crippen molar-refractivity contribution in [3.63, 3.8) is 0 Å². The zero-order valence-corrected chi connectivity index (χ0v) is 6.21. The van der Waals surface area contributed by atoms with Crippen molar-refractivity contribution in [2.45, 2.75) is 12.5 Å². The van der Waals surface area contributed by atoms with Gasteiger partial charge in [0.1, 0.15) is 0 Å². The lowest BCUT2D eigenvalue weighted by Crippen LogP contribution is -2.31. The molecule has 0 aromatic rings. The number of nitrogens with one attached hydrogen (secondary N) is 1. The molecule has 0 aliphatic rings. The molecule has 0 saturated heterocycles. The standard InChI is InChI=1S/C8H15NO/c1-3-5-8(7-10)9-6-4-2/h3-4,8-10H,1-2,5-7H2. The molecule has 0 aromatic heterocycles.